The van der Waals surface area contributed by atoms with Crippen molar-refractivity contribution in [3.63, 3.8) is 0 Å². The monoisotopic (exact) mass is 351 g/mol. The fourth-order valence-electron chi connectivity index (χ4n) is 3.19. The second-order valence-corrected chi connectivity index (χ2v) is 6.50. The fraction of sp³-hybridized carbons (Fsp3) is 0.300. The van der Waals surface area contributed by atoms with Crippen molar-refractivity contribution in [2.45, 2.75) is 31.5 Å². The molecule has 2 heterocycles. The second kappa shape index (κ2) is 7.27. The molecule has 0 bridgehead atoms. The summed E-state index contributed by atoms with van der Waals surface area (Å²) in [6.07, 6.45) is 1.68. The van der Waals surface area contributed by atoms with Gasteiger partial charge in [0, 0.05) is 24.7 Å². The number of carbonyl (C=O) groups excluding carboxylic acids is 1. The smallest absolute Gasteiger partial charge is 0.253 e. The van der Waals surface area contributed by atoms with Gasteiger partial charge in [-0.05, 0) is 30.5 Å². The molecule has 0 saturated carbocycles. The molecule has 2 aromatic carbocycles. The molecule has 0 aliphatic carbocycles. The number of rotatable bonds is 5. The van der Waals surface area contributed by atoms with Crippen molar-refractivity contribution >= 4 is 22.7 Å². The van der Waals surface area contributed by atoms with Gasteiger partial charge in [0.1, 0.15) is 11.6 Å². The first-order chi connectivity index (χ1) is 12.7. The van der Waals surface area contributed by atoms with Crippen LogP contribution in [0.4, 0.5) is 5.69 Å². The molecule has 3 aromatic rings. The van der Waals surface area contributed by atoms with Gasteiger partial charge in [-0.1, -0.05) is 30.3 Å². The summed E-state index contributed by atoms with van der Waals surface area (Å²) in [6.45, 7) is 0.442. The first-order valence-corrected chi connectivity index (χ1v) is 8.81. The lowest BCUT2D eigenvalue weighted by molar-refractivity contribution is -0.126. The number of benzene rings is 2. The molecule has 6 nitrogen and oxygen atoms in total. The molecule has 6 heteroatoms. The van der Waals surface area contributed by atoms with Crippen molar-refractivity contribution in [3.05, 3.63) is 60.0 Å². The summed E-state index contributed by atoms with van der Waals surface area (Å²) in [5.74, 6) is 0.504. The van der Waals surface area contributed by atoms with E-state index in [1.165, 1.54) is 0 Å². The molecular weight excluding hydrogens is 330 g/mol. The summed E-state index contributed by atoms with van der Waals surface area (Å²) >= 11 is 0. The third-order valence-corrected chi connectivity index (χ3v) is 4.56. The average Bonchev–Trinajstić information content (AvgIpc) is 3.28. The van der Waals surface area contributed by atoms with E-state index in [2.05, 4.69) is 10.3 Å². The highest BCUT2D eigenvalue weighted by atomic mass is 16.5. The van der Waals surface area contributed by atoms with Crippen LogP contribution in [0.3, 0.4) is 0 Å². The second-order valence-electron chi connectivity index (χ2n) is 6.50. The van der Waals surface area contributed by atoms with Gasteiger partial charge in [-0.25, -0.2) is 4.98 Å². The Labute approximate surface area is 151 Å². The summed E-state index contributed by atoms with van der Waals surface area (Å²) in [5.41, 5.74) is 8.83. The van der Waals surface area contributed by atoms with E-state index < -0.39 is 6.10 Å². The van der Waals surface area contributed by atoms with Gasteiger partial charge in [0.05, 0.1) is 6.10 Å². The van der Waals surface area contributed by atoms with Crippen molar-refractivity contribution < 1.29 is 13.9 Å². The van der Waals surface area contributed by atoms with Crippen LogP contribution in [0.1, 0.15) is 24.3 Å². The van der Waals surface area contributed by atoms with Crippen molar-refractivity contribution in [2.75, 3.05) is 11.9 Å². The number of nitrogens with two attached hydrogens (primary N) is 1. The first kappa shape index (κ1) is 16.8. The molecule has 1 saturated heterocycles. The van der Waals surface area contributed by atoms with Crippen molar-refractivity contribution in [1.29, 1.82) is 0 Å². The van der Waals surface area contributed by atoms with E-state index in [4.69, 9.17) is 14.9 Å². The van der Waals surface area contributed by atoms with E-state index in [9.17, 15) is 4.79 Å². The fourth-order valence-corrected chi connectivity index (χ4v) is 3.19. The number of hydrogen-bond acceptors (Lipinski definition) is 5. The zero-order valence-corrected chi connectivity index (χ0v) is 14.4. The van der Waals surface area contributed by atoms with Gasteiger partial charge in [-0.2, -0.15) is 0 Å². The Morgan fingerprint density at radius 2 is 2.04 bits per heavy atom. The van der Waals surface area contributed by atoms with Gasteiger partial charge in [-0.3, -0.25) is 4.79 Å². The van der Waals surface area contributed by atoms with E-state index in [0.29, 0.717) is 36.5 Å². The molecule has 1 amide bonds. The Kier molecular flexibility index (Phi) is 4.69. The zero-order chi connectivity index (χ0) is 17.9. The number of amides is 1. The third kappa shape index (κ3) is 3.61. The van der Waals surface area contributed by atoms with Crippen molar-refractivity contribution in [1.82, 2.24) is 4.98 Å². The van der Waals surface area contributed by atoms with Crippen molar-refractivity contribution in [2.24, 2.45) is 5.73 Å². The number of anilines is 1. The highest BCUT2D eigenvalue weighted by Crippen LogP contribution is 2.24. The van der Waals surface area contributed by atoms with Gasteiger partial charge in [-0.15, -0.1) is 0 Å². The lowest BCUT2D eigenvalue weighted by Gasteiger charge is -2.12. The Morgan fingerprint density at radius 3 is 2.81 bits per heavy atom. The molecular formula is C20H21N3O3. The first-order valence-electron chi connectivity index (χ1n) is 8.81. The summed E-state index contributed by atoms with van der Waals surface area (Å²) < 4.78 is 11.5. The van der Waals surface area contributed by atoms with Crippen LogP contribution in [-0.4, -0.2) is 29.6 Å². The van der Waals surface area contributed by atoms with Gasteiger partial charge < -0.3 is 20.2 Å². The highest BCUT2D eigenvalue weighted by Gasteiger charge is 2.29. The minimum absolute atomic E-state index is 0.0250. The molecule has 3 N–H and O–H groups in total. The lowest BCUT2D eigenvalue weighted by atomic mass is 10.1. The summed E-state index contributed by atoms with van der Waals surface area (Å²) in [4.78, 5) is 16.8. The number of oxazole rings is 1. The quantitative estimate of drug-likeness (QED) is 0.738. The van der Waals surface area contributed by atoms with E-state index in [-0.39, 0.29) is 12.0 Å². The van der Waals surface area contributed by atoms with Gasteiger partial charge in [0.15, 0.2) is 11.5 Å². The van der Waals surface area contributed by atoms with Crippen LogP contribution in [0, 0.1) is 0 Å². The highest BCUT2D eigenvalue weighted by molar-refractivity contribution is 5.95. The van der Waals surface area contributed by atoms with Crippen LogP contribution < -0.4 is 11.1 Å². The van der Waals surface area contributed by atoms with Gasteiger partial charge in [0.2, 0.25) is 0 Å². The number of carbonyl (C=O) groups is 1. The molecule has 26 heavy (non-hydrogen) atoms. The maximum Gasteiger partial charge on any atom is 0.253 e. The summed E-state index contributed by atoms with van der Waals surface area (Å²) in [5, 5.41) is 2.89. The molecule has 0 unspecified atom stereocenters. The third-order valence-electron chi connectivity index (χ3n) is 4.56. The minimum atomic E-state index is -0.442. The summed E-state index contributed by atoms with van der Waals surface area (Å²) in [7, 11) is 0. The number of nitrogens with one attached hydrogen (secondary N) is 1. The predicted octanol–water partition coefficient (Wildman–Crippen LogP) is 2.86. The molecule has 2 atom stereocenters. The van der Waals surface area contributed by atoms with Crippen LogP contribution in [0.15, 0.2) is 52.9 Å². The Bertz CT molecular complexity index is 907. The summed E-state index contributed by atoms with van der Waals surface area (Å²) in [6, 6.07) is 15.5. The SMILES string of the molecule is NC[C@H]1CC[C@@H](C(=O)Nc2ccc3nc(Cc4ccccc4)oc3c2)O1. The Balaban J connectivity index is 1.46. The number of fused-ring (bicyclic) bond motifs is 1. The molecule has 1 aliphatic rings. The molecule has 134 valence electrons. The predicted molar refractivity (Wildman–Crippen MR) is 98.8 cm³/mol. The van der Waals surface area contributed by atoms with Crippen LogP contribution in [-0.2, 0) is 16.0 Å². The zero-order valence-electron chi connectivity index (χ0n) is 14.4. The van der Waals surface area contributed by atoms with Crippen LogP contribution in [0.2, 0.25) is 0 Å². The van der Waals surface area contributed by atoms with Crippen molar-refractivity contribution in [3.8, 4) is 0 Å². The maximum absolute atomic E-state index is 12.3. The van der Waals surface area contributed by atoms with E-state index in [1.54, 1.807) is 6.07 Å². The van der Waals surface area contributed by atoms with Gasteiger partial charge >= 0.3 is 0 Å². The van der Waals surface area contributed by atoms with Crippen LogP contribution >= 0.6 is 0 Å². The molecule has 1 aliphatic heterocycles. The molecule has 0 radical (unpaired) electrons. The number of nitrogens with zero attached hydrogens (tertiary/aromatic N) is 1. The Morgan fingerprint density at radius 1 is 1.19 bits per heavy atom. The maximum atomic E-state index is 12.3. The van der Waals surface area contributed by atoms with E-state index in [0.717, 1.165) is 17.5 Å². The lowest BCUT2D eigenvalue weighted by Crippen LogP contribution is -2.29. The largest absolute Gasteiger partial charge is 0.440 e. The molecule has 1 aromatic heterocycles. The normalized spacial score (nSPS) is 19.7. The standard InChI is InChI=1S/C20H21N3O3/c21-12-15-7-9-17(25-15)20(24)22-14-6-8-16-18(11-14)26-19(23-16)10-13-4-2-1-3-5-13/h1-6,8,11,15,17H,7,9-10,12,21H2,(H,22,24)/t15-,17+/m1/s1. The van der Waals surface area contributed by atoms with Crippen LogP contribution in [0.25, 0.3) is 11.1 Å². The average molecular weight is 351 g/mol. The molecule has 4 rings (SSSR count). The minimum Gasteiger partial charge on any atom is -0.440 e. The number of ether oxygens (including phenoxy) is 1. The number of aromatic nitrogens is 1. The van der Waals surface area contributed by atoms with Gasteiger partial charge in [0.25, 0.3) is 5.91 Å². The van der Waals surface area contributed by atoms with E-state index in [1.807, 2.05) is 42.5 Å². The number of hydrogen-bond donors (Lipinski definition) is 2. The molecule has 0 spiro atoms. The Hall–Kier alpha value is -2.70. The van der Waals surface area contributed by atoms with Crippen LogP contribution in [0.5, 0.6) is 0 Å². The van der Waals surface area contributed by atoms with E-state index >= 15 is 0 Å². The topological polar surface area (TPSA) is 90.4 Å². The molecule has 1 fully saturated rings.